The number of halogens is 1. The monoisotopic (exact) mass is 492 g/mol. The molecule has 2 saturated heterocycles. The van der Waals surface area contributed by atoms with Gasteiger partial charge in [-0.3, -0.25) is 14.4 Å². The number of piperidine rings is 2. The maximum Gasteiger partial charge on any atom is 0.228 e. The molecule has 5 rings (SSSR count). The summed E-state index contributed by atoms with van der Waals surface area (Å²) >= 11 is 0. The summed E-state index contributed by atoms with van der Waals surface area (Å²) in [6, 6.07) is 8.34. The standard InChI is InChI=1S/C28H37FN6O/c1-20(29)18-35-12-8-21(9-13-35)28(36)32-27-15-24-14-22(6-7-23(24)16-30-27)25-17-31-33(2)26(25)19-34-10-4-3-5-11-34/h6-7,14-17,20-21H,3-5,8-13,18-19H2,1-2H3,(H,30,32,36)/t20-/m1/s1. The second-order valence-electron chi connectivity index (χ2n) is 10.4. The molecule has 0 saturated carbocycles. The number of aryl methyl sites for hydroxylation is 1. The Morgan fingerprint density at radius 3 is 2.58 bits per heavy atom. The van der Waals surface area contributed by atoms with Crippen molar-refractivity contribution < 1.29 is 9.18 Å². The lowest BCUT2D eigenvalue weighted by Crippen LogP contribution is -2.40. The highest BCUT2D eigenvalue weighted by Crippen LogP contribution is 2.29. The maximum atomic E-state index is 13.3. The zero-order valence-electron chi connectivity index (χ0n) is 21.4. The molecule has 7 nitrogen and oxygen atoms in total. The molecule has 0 unspecified atom stereocenters. The van der Waals surface area contributed by atoms with Crippen molar-refractivity contribution >= 4 is 22.5 Å². The van der Waals surface area contributed by atoms with Crippen molar-refractivity contribution in [3.8, 4) is 11.1 Å². The Labute approximate surface area is 212 Å². The van der Waals surface area contributed by atoms with Crippen LogP contribution in [0.15, 0.2) is 36.7 Å². The summed E-state index contributed by atoms with van der Waals surface area (Å²) in [6.07, 6.45) is 8.28. The molecule has 2 aliphatic rings. The minimum atomic E-state index is -0.838. The fourth-order valence-corrected chi connectivity index (χ4v) is 5.56. The van der Waals surface area contributed by atoms with Crippen molar-refractivity contribution in [2.45, 2.75) is 51.7 Å². The third-order valence-electron chi connectivity index (χ3n) is 7.64. The van der Waals surface area contributed by atoms with Gasteiger partial charge < -0.3 is 10.2 Å². The number of alkyl halides is 1. The van der Waals surface area contributed by atoms with Crippen molar-refractivity contribution in [2.24, 2.45) is 13.0 Å². The molecule has 1 amide bonds. The zero-order valence-corrected chi connectivity index (χ0v) is 21.4. The molecule has 0 aliphatic carbocycles. The molecule has 2 fully saturated rings. The zero-order chi connectivity index (χ0) is 25.1. The summed E-state index contributed by atoms with van der Waals surface area (Å²) in [5, 5.41) is 9.66. The van der Waals surface area contributed by atoms with E-state index >= 15 is 0 Å². The first-order chi connectivity index (χ1) is 17.5. The third-order valence-corrected chi connectivity index (χ3v) is 7.64. The summed E-state index contributed by atoms with van der Waals surface area (Å²) < 4.78 is 15.3. The average Bonchev–Trinajstić information content (AvgIpc) is 3.24. The lowest BCUT2D eigenvalue weighted by Gasteiger charge is -2.31. The Morgan fingerprint density at radius 2 is 1.83 bits per heavy atom. The minimum Gasteiger partial charge on any atom is -0.310 e. The van der Waals surface area contributed by atoms with E-state index in [4.69, 9.17) is 0 Å². The van der Waals surface area contributed by atoms with Gasteiger partial charge in [0.25, 0.3) is 0 Å². The molecule has 0 bridgehead atoms. The number of anilines is 1. The fourth-order valence-electron chi connectivity index (χ4n) is 5.56. The summed E-state index contributed by atoms with van der Waals surface area (Å²) in [5.74, 6) is 0.513. The first kappa shape index (κ1) is 24.8. The Morgan fingerprint density at radius 1 is 1.06 bits per heavy atom. The molecule has 1 atom stereocenters. The number of benzene rings is 1. The normalized spacial score (nSPS) is 19.0. The van der Waals surface area contributed by atoms with Crippen LogP contribution in [0.5, 0.6) is 0 Å². The van der Waals surface area contributed by atoms with E-state index in [1.54, 1.807) is 6.92 Å². The highest BCUT2D eigenvalue weighted by molar-refractivity contribution is 5.95. The van der Waals surface area contributed by atoms with E-state index in [-0.39, 0.29) is 11.8 Å². The number of hydrogen-bond donors (Lipinski definition) is 1. The molecule has 8 heteroatoms. The largest absolute Gasteiger partial charge is 0.310 e. The van der Waals surface area contributed by atoms with Crippen molar-refractivity contribution in [1.29, 1.82) is 0 Å². The van der Waals surface area contributed by atoms with E-state index in [0.29, 0.717) is 12.4 Å². The number of hydrogen-bond acceptors (Lipinski definition) is 5. The number of aromatic nitrogens is 3. The molecule has 192 valence electrons. The van der Waals surface area contributed by atoms with Gasteiger partial charge in [-0.2, -0.15) is 5.10 Å². The predicted octanol–water partition coefficient (Wildman–Crippen LogP) is 4.63. The molecule has 0 radical (unpaired) electrons. The number of fused-ring (bicyclic) bond motifs is 1. The van der Waals surface area contributed by atoms with Gasteiger partial charge in [0.2, 0.25) is 5.91 Å². The summed E-state index contributed by atoms with van der Waals surface area (Å²) in [4.78, 5) is 22.0. The molecule has 36 heavy (non-hydrogen) atoms. The SMILES string of the molecule is C[C@@H](F)CN1CCC(C(=O)Nc2cc3cc(-c4cnn(C)c4CN4CCCCC4)ccc3cn2)CC1. The van der Waals surface area contributed by atoms with E-state index in [0.717, 1.165) is 67.5 Å². The highest BCUT2D eigenvalue weighted by atomic mass is 19.1. The van der Waals surface area contributed by atoms with Crippen LogP contribution in [-0.4, -0.2) is 69.4 Å². The number of amides is 1. The summed E-state index contributed by atoms with van der Waals surface area (Å²) in [7, 11) is 2.02. The Kier molecular flexibility index (Phi) is 7.62. The van der Waals surface area contributed by atoms with Crippen molar-refractivity contribution in [3.05, 3.63) is 42.4 Å². The third kappa shape index (κ3) is 5.76. The Balaban J connectivity index is 1.30. The van der Waals surface area contributed by atoms with Crippen LogP contribution >= 0.6 is 0 Å². The van der Waals surface area contributed by atoms with E-state index in [1.165, 1.54) is 25.0 Å². The van der Waals surface area contributed by atoms with Gasteiger partial charge in [0, 0.05) is 43.2 Å². The van der Waals surface area contributed by atoms with Crippen LogP contribution in [0.1, 0.15) is 44.7 Å². The van der Waals surface area contributed by atoms with Gasteiger partial charge in [0.05, 0.1) is 11.9 Å². The minimum absolute atomic E-state index is 0.00188. The van der Waals surface area contributed by atoms with Gasteiger partial charge in [-0.25, -0.2) is 9.37 Å². The molecular weight excluding hydrogens is 455 g/mol. The number of pyridine rings is 1. The lowest BCUT2D eigenvalue weighted by atomic mass is 9.95. The molecule has 3 aromatic rings. The molecular formula is C28H37FN6O. The number of nitrogens with one attached hydrogen (secondary N) is 1. The second kappa shape index (κ2) is 11.0. The van der Waals surface area contributed by atoms with Gasteiger partial charge in [-0.15, -0.1) is 0 Å². The quantitative estimate of drug-likeness (QED) is 0.521. The Hall–Kier alpha value is -2.84. The predicted molar refractivity (Wildman–Crippen MR) is 141 cm³/mol. The van der Waals surface area contributed by atoms with Crippen molar-refractivity contribution in [1.82, 2.24) is 24.6 Å². The first-order valence-corrected chi connectivity index (χ1v) is 13.3. The lowest BCUT2D eigenvalue weighted by molar-refractivity contribution is -0.121. The Bertz CT molecular complexity index is 1190. The van der Waals surface area contributed by atoms with Gasteiger partial charge in [-0.05, 0) is 81.9 Å². The fraction of sp³-hybridized carbons (Fsp3) is 0.536. The number of nitrogens with zero attached hydrogens (tertiary/aromatic N) is 5. The van der Waals surface area contributed by atoms with Crippen LogP contribution < -0.4 is 5.32 Å². The van der Waals surface area contributed by atoms with E-state index < -0.39 is 6.17 Å². The van der Waals surface area contributed by atoms with Crippen molar-refractivity contribution in [2.75, 3.05) is 38.0 Å². The molecule has 1 aromatic carbocycles. The molecule has 2 aromatic heterocycles. The smallest absolute Gasteiger partial charge is 0.228 e. The molecule has 2 aliphatic heterocycles. The summed E-state index contributed by atoms with van der Waals surface area (Å²) in [6.45, 7) is 6.73. The van der Waals surface area contributed by atoms with E-state index in [1.807, 2.05) is 30.2 Å². The van der Waals surface area contributed by atoms with Gasteiger partial charge in [0.1, 0.15) is 12.0 Å². The van der Waals surface area contributed by atoms with Crippen LogP contribution in [0.25, 0.3) is 21.9 Å². The number of rotatable bonds is 7. The first-order valence-electron chi connectivity index (χ1n) is 13.3. The molecule has 4 heterocycles. The topological polar surface area (TPSA) is 66.3 Å². The van der Waals surface area contributed by atoms with Crippen LogP contribution in [0.4, 0.5) is 10.2 Å². The number of carbonyl (C=O) groups excluding carboxylic acids is 1. The van der Waals surface area contributed by atoms with Crippen molar-refractivity contribution in [3.63, 3.8) is 0 Å². The van der Waals surface area contributed by atoms with E-state index in [2.05, 4.69) is 43.4 Å². The van der Waals surface area contributed by atoms with Gasteiger partial charge in [-0.1, -0.05) is 18.6 Å². The van der Waals surface area contributed by atoms with Gasteiger partial charge in [0.15, 0.2) is 0 Å². The van der Waals surface area contributed by atoms with Crippen LogP contribution in [0.2, 0.25) is 0 Å². The maximum absolute atomic E-state index is 13.3. The summed E-state index contributed by atoms with van der Waals surface area (Å²) in [5.41, 5.74) is 3.51. The van der Waals surface area contributed by atoms with E-state index in [9.17, 15) is 9.18 Å². The van der Waals surface area contributed by atoms with Crippen LogP contribution in [0.3, 0.4) is 0 Å². The number of likely N-dealkylation sites (tertiary alicyclic amines) is 2. The van der Waals surface area contributed by atoms with Crippen LogP contribution in [0, 0.1) is 5.92 Å². The second-order valence-corrected chi connectivity index (χ2v) is 10.4. The average molecular weight is 493 g/mol. The van der Waals surface area contributed by atoms with Gasteiger partial charge >= 0.3 is 0 Å². The molecule has 0 spiro atoms. The molecule has 1 N–H and O–H groups in total. The van der Waals surface area contributed by atoms with Crippen LogP contribution in [-0.2, 0) is 18.4 Å². The number of carbonyl (C=O) groups is 1. The highest BCUT2D eigenvalue weighted by Gasteiger charge is 2.26.